The number of aromatic amines is 2. The second-order valence-corrected chi connectivity index (χ2v) is 9.47. The smallest absolute Gasteiger partial charge is 0.326 e. The highest BCUT2D eigenvalue weighted by atomic mass is 16.4. The molecule has 3 amide bonds. The molecular weight excluding hydrogens is 506 g/mol. The van der Waals surface area contributed by atoms with Crippen molar-refractivity contribution in [3.8, 4) is 0 Å². The van der Waals surface area contributed by atoms with Crippen molar-refractivity contribution in [2.45, 2.75) is 57.3 Å². The number of nitrogens with one attached hydrogen (secondary N) is 5. The molecule has 0 aliphatic heterocycles. The molecule has 3 aromatic rings. The summed E-state index contributed by atoms with van der Waals surface area (Å²) in [4.78, 5) is 60.9. The molecule has 0 aliphatic carbocycles. The van der Waals surface area contributed by atoms with Gasteiger partial charge in [-0.3, -0.25) is 14.4 Å². The van der Waals surface area contributed by atoms with Crippen LogP contribution in [0.3, 0.4) is 0 Å². The maximum absolute atomic E-state index is 13.3. The van der Waals surface area contributed by atoms with Crippen LogP contribution in [0.15, 0.2) is 43.0 Å². The molecule has 210 valence electrons. The molecule has 9 N–H and O–H groups in total. The van der Waals surface area contributed by atoms with Gasteiger partial charge < -0.3 is 41.9 Å². The van der Waals surface area contributed by atoms with E-state index < -0.39 is 54.5 Å². The monoisotopic (exact) mass is 541 g/mol. The highest BCUT2D eigenvalue weighted by Crippen LogP contribution is 2.19. The van der Waals surface area contributed by atoms with Crippen molar-refractivity contribution in [1.29, 1.82) is 0 Å². The number of para-hydroxylation sites is 1. The van der Waals surface area contributed by atoms with E-state index in [4.69, 9.17) is 5.73 Å². The number of aliphatic hydroxyl groups is 1. The van der Waals surface area contributed by atoms with Crippen molar-refractivity contribution in [1.82, 2.24) is 30.9 Å². The van der Waals surface area contributed by atoms with Crippen LogP contribution in [0, 0.1) is 5.92 Å². The van der Waals surface area contributed by atoms with Gasteiger partial charge in [0.2, 0.25) is 17.7 Å². The first kappa shape index (κ1) is 29.3. The van der Waals surface area contributed by atoms with Crippen molar-refractivity contribution in [3.05, 3.63) is 54.2 Å². The number of aromatic nitrogens is 3. The number of hydrogen-bond acceptors (Lipinski definition) is 7. The summed E-state index contributed by atoms with van der Waals surface area (Å²) in [5.41, 5.74) is 7.71. The van der Waals surface area contributed by atoms with Gasteiger partial charge in [-0.25, -0.2) is 9.78 Å². The van der Waals surface area contributed by atoms with Gasteiger partial charge >= 0.3 is 5.97 Å². The van der Waals surface area contributed by atoms with Crippen molar-refractivity contribution in [3.63, 3.8) is 0 Å². The Kier molecular flexibility index (Phi) is 10.2. The molecule has 2 heterocycles. The van der Waals surface area contributed by atoms with E-state index in [0.717, 1.165) is 16.5 Å². The molecule has 0 fully saturated rings. The van der Waals surface area contributed by atoms with Crippen molar-refractivity contribution in [2.24, 2.45) is 11.7 Å². The average Bonchev–Trinajstić information content (AvgIpc) is 3.59. The summed E-state index contributed by atoms with van der Waals surface area (Å²) < 4.78 is 0. The molecule has 0 saturated heterocycles. The number of carboxylic acids is 1. The lowest BCUT2D eigenvalue weighted by molar-refractivity contribution is -0.142. The number of nitrogens with two attached hydrogens (primary N) is 1. The van der Waals surface area contributed by atoms with Crippen LogP contribution >= 0.6 is 0 Å². The van der Waals surface area contributed by atoms with E-state index in [2.05, 4.69) is 30.9 Å². The zero-order chi connectivity index (χ0) is 28.5. The molecule has 5 unspecified atom stereocenters. The van der Waals surface area contributed by atoms with E-state index in [0.29, 0.717) is 12.1 Å². The number of carbonyl (C=O) groups excluding carboxylic acids is 3. The van der Waals surface area contributed by atoms with E-state index >= 15 is 0 Å². The Hall–Kier alpha value is -4.23. The van der Waals surface area contributed by atoms with E-state index in [1.807, 2.05) is 31.2 Å². The minimum absolute atomic E-state index is 0.0167. The number of carbonyl (C=O) groups is 4. The SMILES string of the molecule is CCC(C)C(NC(=O)C(Cc1cnc[nH]1)NC(=O)C(N)CO)C(=O)NC(Cc1c[nH]c2ccccc12)C(=O)O. The second-order valence-electron chi connectivity index (χ2n) is 9.47. The van der Waals surface area contributed by atoms with Crippen LogP contribution in [0.1, 0.15) is 31.5 Å². The van der Waals surface area contributed by atoms with E-state index in [9.17, 15) is 29.4 Å². The fourth-order valence-corrected chi connectivity index (χ4v) is 4.12. The first-order chi connectivity index (χ1) is 18.6. The number of aliphatic hydroxyl groups excluding tert-OH is 1. The van der Waals surface area contributed by atoms with Crippen LogP contribution < -0.4 is 21.7 Å². The summed E-state index contributed by atoms with van der Waals surface area (Å²) in [6, 6.07) is 2.72. The lowest BCUT2D eigenvalue weighted by Gasteiger charge is -2.28. The van der Waals surface area contributed by atoms with Crippen molar-refractivity contribution < 1.29 is 29.4 Å². The number of rotatable bonds is 14. The summed E-state index contributed by atoms with van der Waals surface area (Å²) >= 11 is 0. The Morgan fingerprint density at radius 1 is 1.00 bits per heavy atom. The molecule has 0 aliphatic rings. The van der Waals surface area contributed by atoms with Gasteiger partial charge in [-0.15, -0.1) is 0 Å². The number of amides is 3. The van der Waals surface area contributed by atoms with Gasteiger partial charge in [0.15, 0.2) is 0 Å². The van der Waals surface area contributed by atoms with Crippen LogP contribution in [-0.2, 0) is 32.0 Å². The summed E-state index contributed by atoms with van der Waals surface area (Å²) in [7, 11) is 0. The summed E-state index contributed by atoms with van der Waals surface area (Å²) in [6.07, 6.45) is 5.17. The number of imidazole rings is 1. The van der Waals surface area contributed by atoms with Crippen LogP contribution in [0.25, 0.3) is 10.9 Å². The van der Waals surface area contributed by atoms with Gasteiger partial charge in [-0.2, -0.15) is 0 Å². The largest absolute Gasteiger partial charge is 0.480 e. The quantitative estimate of drug-likeness (QED) is 0.134. The summed E-state index contributed by atoms with van der Waals surface area (Å²) in [6.45, 7) is 2.97. The third kappa shape index (κ3) is 7.65. The highest BCUT2D eigenvalue weighted by Gasteiger charge is 2.33. The molecule has 2 aromatic heterocycles. The number of hydrogen-bond donors (Lipinski definition) is 8. The highest BCUT2D eigenvalue weighted by molar-refractivity contribution is 5.94. The molecule has 13 heteroatoms. The number of H-pyrrole nitrogens is 2. The number of benzene rings is 1. The Morgan fingerprint density at radius 2 is 1.72 bits per heavy atom. The molecule has 39 heavy (non-hydrogen) atoms. The molecule has 3 rings (SSSR count). The maximum Gasteiger partial charge on any atom is 0.326 e. The fourth-order valence-electron chi connectivity index (χ4n) is 4.12. The Labute approximate surface area is 225 Å². The number of fused-ring (bicyclic) bond motifs is 1. The third-order valence-electron chi connectivity index (χ3n) is 6.65. The zero-order valence-electron chi connectivity index (χ0n) is 21.8. The molecule has 0 bridgehead atoms. The number of carboxylic acid groups (broad SMARTS) is 1. The van der Waals surface area contributed by atoms with Crippen LogP contribution in [-0.4, -0.2) is 79.6 Å². The molecule has 1 aromatic carbocycles. The lowest BCUT2D eigenvalue weighted by Crippen LogP contribution is -2.59. The Balaban J connectivity index is 1.77. The van der Waals surface area contributed by atoms with Gasteiger partial charge in [0.25, 0.3) is 0 Å². The standard InChI is InChI=1S/C26H35N7O6/c1-3-14(2)22(33-24(36)20(9-16-11-28-13-30-16)31-23(35)18(27)12-34)25(37)32-21(26(38)39)8-15-10-29-19-7-5-4-6-17(15)19/h4-7,10-11,13-14,18,20-22,29,34H,3,8-9,12,27H2,1-2H3,(H,28,30)(H,31,35)(H,32,37)(H,33,36)(H,38,39). The molecule has 0 saturated carbocycles. The van der Waals surface area contributed by atoms with E-state index in [-0.39, 0.29) is 18.8 Å². The zero-order valence-corrected chi connectivity index (χ0v) is 21.8. The van der Waals surface area contributed by atoms with E-state index in [1.54, 1.807) is 13.1 Å². The maximum atomic E-state index is 13.3. The van der Waals surface area contributed by atoms with Gasteiger partial charge in [0, 0.05) is 41.8 Å². The van der Waals surface area contributed by atoms with Crippen LogP contribution in [0.5, 0.6) is 0 Å². The van der Waals surface area contributed by atoms with Gasteiger partial charge in [0.05, 0.1) is 12.9 Å². The summed E-state index contributed by atoms with van der Waals surface area (Å²) in [5, 5.41) is 27.7. The Morgan fingerprint density at radius 3 is 2.36 bits per heavy atom. The molecule has 0 spiro atoms. The minimum Gasteiger partial charge on any atom is -0.480 e. The topological polar surface area (TPSA) is 215 Å². The van der Waals surface area contributed by atoms with Crippen molar-refractivity contribution in [2.75, 3.05) is 6.61 Å². The fraction of sp³-hybridized carbons (Fsp3) is 0.423. The van der Waals surface area contributed by atoms with Crippen molar-refractivity contribution >= 4 is 34.6 Å². The predicted molar refractivity (Wildman–Crippen MR) is 142 cm³/mol. The predicted octanol–water partition coefficient (Wildman–Crippen LogP) is -0.419. The number of nitrogens with zero attached hydrogens (tertiary/aromatic N) is 1. The second kappa shape index (κ2) is 13.5. The van der Waals surface area contributed by atoms with Gasteiger partial charge in [-0.1, -0.05) is 38.5 Å². The van der Waals surface area contributed by atoms with Crippen LogP contribution in [0.2, 0.25) is 0 Å². The minimum atomic E-state index is -1.25. The number of aliphatic carboxylic acids is 1. The van der Waals surface area contributed by atoms with Crippen LogP contribution in [0.4, 0.5) is 0 Å². The lowest BCUT2D eigenvalue weighted by atomic mass is 9.96. The van der Waals surface area contributed by atoms with Gasteiger partial charge in [-0.05, 0) is 17.5 Å². The first-order valence-electron chi connectivity index (χ1n) is 12.7. The van der Waals surface area contributed by atoms with E-state index in [1.165, 1.54) is 12.5 Å². The molecule has 0 radical (unpaired) electrons. The molecule has 13 nitrogen and oxygen atoms in total. The third-order valence-corrected chi connectivity index (χ3v) is 6.65. The normalized spacial score (nSPS) is 15.1. The summed E-state index contributed by atoms with van der Waals surface area (Å²) in [5.74, 6) is -3.66. The molecule has 5 atom stereocenters. The average molecular weight is 542 g/mol. The Bertz CT molecular complexity index is 1270. The molecular formula is C26H35N7O6. The van der Waals surface area contributed by atoms with Gasteiger partial charge in [0.1, 0.15) is 24.2 Å². The first-order valence-corrected chi connectivity index (χ1v) is 12.7.